The first-order valence-corrected chi connectivity index (χ1v) is 8.87. The Morgan fingerprint density at radius 2 is 1.89 bits per heavy atom. The number of para-hydroxylation sites is 2. The number of aromatic nitrogens is 3. The predicted octanol–water partition coefficient (Wildman–Crippen LogP) is 4.00. The van der Waals surface area contributed by atoms with Crippen LogP contribution >= 0.6 is 0 Å². The van der Waals surface area contributed by atoms with Gasteiger partial charge in [-0.25, -0.2) is 14.4 Å². The normalized spacial score (nSPS) is 10.8. The Morgan fingerprint density at radius 3 is 2.79 bits per heavy atom. The number of hydrogen-bond acceptors (Lipinski definition) is 4. The van der Waals surface area contributed by atoms with Gasteiger partial charge in [0.2, 0.25) is 0 Å². The number of hydrogen-bond donors (Lipinski definition) is 3. The van der Waals surface area contributed by atoms with E-state index in [4.69, 9.17) is 0 Å². The summed E-state index contributed by atoms with van der Waals surface area (Å²) in [4.78, 5) is 23.7. The lowest BCUT2D eigenvalue weighted by atomic mass is 10.1. The minimum atomic E-state index is -0.498. The second-order valence-corrected chi connectivity index (χ2v) is 6.26. The quantitative estimate of drug-likeness (QED) is 0.476. The molecule has 0 atom stereocenters. The highest BCUT2D eigenvalue weighted by Crippen LogP contribution is 2.18. The summed E-state index contributed by atoms with van der Waals surface area (Å²) in [6, 6.07) is 15.7. The monoisotopic (exact) mass is 375 g/mol. The van der Waals surface area contributed by atoms with Crippen LogP contribution in [0, 0.1) is 5.82 Å². The SMILES string of the molecule is O=C(Nc1ccccc1F)c1cc(NCCc2c[nH]c3ccccc23)ncn1. The van der Waals surface area contributed by atoms with Crippen molar-refractivity contribution in [1.82, 2.24) is 15.0 Å². The van der Waals surface area contributed by atoms with Gasteiger partial charge in [-0.2, -0.15) is 0 Å². The lowest BCUT2D eigenvalue weighted by Crippen LogP contribution is -2.16. The number of rotatable bonds is 6. The van der Waals surface area contributed by atoms with Crippen LogP contribution in [0.2, 0.25) is 0 Å². The number of H-pyrrole nitrogens is 1. The Kier molecular flexibility index (Phi) is 4.97. The van der Waals surface area contributed by atoms with E-state index in [1.54, 1.807) is 18.2 Å². The molecule has 0 saturated heterocycles. The summed E-state index contributed by atoms with van der Waals surface area (Å²) in [7, 11) is 0. The third-order valence-electron chi connectivity index (χ3n) is 4.40. The van der Waals surface area contributed by atoms with Gasteiger partial charge in [0.25, 0.3) is 5.91 Å². The lowest BCUT2D eigenvalue weighted by Gasteiger charge is -2.08. The van der Waals surface area contributed by atoms with Gasteiger partial charge in [0.05, 0.1) is 5.69 Å². The Hall–Kier alpha value is -3.74. The first kappa shape index (κ1) is 17.7. The molecule has 3 N–H and O–H groups in total. The highest BCUT2D eigenvalue weighted by molar-refractivity contribution is 6.03. The molecular weight excluding hydrogens is 357 g/mol. The van der Waals surface area contributed by atoms with Crippen LogP contribution in [0.3, 0.4) is 0 Å². The van der Waals surface area contributed by atoms with Crippen LogP contribution in [-0.2, 0) is 6.42 Å². The lowest BCUT2D eigenvalue weighted by molar-refractivity contribution is 0.102. The Bertz CT molecular complexity index is 1120. The number of nitrogens with one attached hydrogen (secondary N) is 3. The second-order valence-electron chi connectivity index (χ2n) is 6.26. The number of fused-ring (bicyclic) bond motifs is 1. The molecule has 0 aliphatic rings. The van der Waals surface area contributed by atoms with Crippen molar-refractivity contribution in [1.29, 1.82) is 0 Å². The number of carbonyl (C=O) groups is 1. The number of benzene rings is 2. The molecule has 0 unspecified atom stereocenters. The van der Waals surface area contributed by atoms with E-state index < -0.39 is 11.7 Å². The molecule has 0 aliphatic carbocycles. The molecular formula is C21H18FN5O. The number of halogens is 1. The van der Waals surface area contributed by atoms with E-state index in [0.29, 0.717) is 12.4 Å². The molecule has 1 amide bonds. The number of anilines is 2. The van der Waals surface area contributed by atoms with Crippen molar-refractivity contribution in [3.8, 4) is 0 Å². The van der Waals surface area contributed by atoms with Crippen molar-refractivity contribution in [2.45, 2.75) is 6.42 Å². The van der Waals surface area contributed by atoms with Crippen molar-refractivity contribution < 1.29 is 9.18 Å². The molecule has 4 rings (SSSR count). The van der Waals surface area contributed by atoms with E-state index in [0.717, 1.165) is 11.9 Å². The van der Waals surface area contributed by atoms with Crippen LogP contribution in [0.5, 0.6) is 0 Å². The number of aromatic amines is 1. The zero-order valence-corrected chi connectivity index (χ0v) is 14.9. The van der Waals surface area contributed by atoms with Crippen LogP contribution in [0.25, 0.3) is 10.9 Å². The molecule has 0 spiro atoms. The molecule has 7 heteroatoms. The van der Waals surface area contributed by atoms with Gasteiger partial charge in [-0.05, 0) is 30.2 Å². The molecule has 2 aromatic heterocycles. The average Bonchev–Trinajstić information content (AvgIpc) is 3.13. The second kappa shape index (κ2) is 7.87. The zero-order valence-electron chi connectivity index (χ0n) is 14.9. The van der Waals surface area contributed by atoms with Crippen molar-refractivity contribution in [3.05, 3.63) is 84.2 Å². The molecule has 140 valence electrons. The maximum Gasteiger partial charge on any atom is 0.274 e. The molecule has 2 heterocycles. The summed E-state index contributed by atoms with van der Waals surface area (Å²) < 4.78 is 13.7. The predicted molar refractivity (Wildman–Crippen MR) is 107 cm³/mol. The first-order valence-electron chi connectivity index (χ1n) is 8.87. The Morgan fingerprint density at radius 1 is 1.07 bits per heavy atom. The van der Waals surface area contributed by atoms with Crippen LogP contribution < -0.4 is 10.6 Å². The minimum absolute atomic E-state index is 0.111. The van der Waals surface area contributed by atoms with Crippen LogP contribution in [0.1, 0.15) is 16.1 Å². The van der Waals surface area contributed by atoms with Gasteiger partial charge < -0.3 is 15.6 Å². The van der Waals surface area contributed by atoms with E-state index >= 15 is 0 Å². The fourth-order valence-corrected chi connectivity index (χ4v) is 2.99. The average molecular weight is 375 g/mol. The van der Waals surface area contributed by atoms with E-state index in [-0.39, 0.29) is 11.4 Å². The van der Waals surface area contributed by atoms with Crippen molar-refractivity contribution >= 4 is 28.3 Å². The van der Waals surface area contributed by atoms with Crippen molar-refractivity contribution in [3.63, 3.8) is 0 Å². The number of nitrogens with zero attached hydrogens (tertiary/aromatic N) is 2. The fraction of sp³-hybridized carbons (Fsp3) is 0.0952. The number of amides is 1. The topological polar surface area (TPSA) is 82.7 Å². The molecule has 0 saturated carbocycles. The van der Waals surface area contributed by atoms with Crippen LogP contribution in [0.15, 0.2) is 67.1 Å². The summed E-state index contributed by atoms with van der Waals surface area (Å²) in [5.74, 6) is -0.456. The summed E-state index contributed by atoms with van der Waals surface area (Å²) in [6.45, 7) is 0.646. The van der Waals surface area contributed by atoms with Gasteiger partial charge >= 0.3 is 0 Å². The van der Waals surface area contributed by atoms with Gasteiger partial charge in [0.15, 0.2) is 0 Å². The first-order chi connectivity index (χ1) is 13.7. The third-order valence-corrected chi connectivity index (χ3v) is 4.40. The van der Waals surface area contributed by atoms with Gasteiger partial charge in [-0.3, -0.25) is 4.79 Å². The van der Waals surface area contributed by atoms with Crippen molar-refractivity contribution in [2.75, 3.05) is 17.2 Å². The molecule has 0 fully saturated rings. The van der Waals surface area contributed by atoms with Crippen molar-refractivity contribution in [2.24, 2.45) is 0 Å². The van der Waals surface area contributed by atoms with Gasteiger partial charge in [0.1, 0.15) is 23.7 Å². The maximum absolute atomic E-state index is 13.7. The summed E-state index contributed by atoms with van der Waals surface area (Å²) >= 11 is 0. The summed E-state index contributed by atoms with van der Waals surface area (Å²) in [6.07, 6.45) is 4.11. The molecule has 0 aliphatic heterocycles. The smallest absolute Gasteiger partial charge is 0.274 e. The molecule has 0 radical (unpaired) electrons. The maximum atomic E-state index is 13.7. The standard InChI is InChI=1S/C21H18FN5O/c22-16-6-2-4-8-18(16)27-21(28)19-11-20(26-13-25-19)23-10-9-14-12-24-17-7-3-1-5-15(14)17/h1-8,11-13,24H,9-10H2,(H,27,28)(H,23,25,26). The Labute approximate surface area is 160 Å². The number of carbonyl (C=O) groups excluding carboxylic acids is 1. The summed E-state index contributed by atoms with van der Waals surface area (Å²) in [5.41, 5.74) is 2.58. The third kappa shape index (κ3) is 3.83. The molecule has 0 bridgehead atoms. The Balaban J connectivity index is 1.39. The van der Waals surface area contributed by atoms with Gasteiger partial charge in [-0.1, -0.05) is 30.3 Å². The van der Waals surface area contributed by atoms with Crippen LogP contribution in [0.4, 0.5) is 15.9 Å². The molecule has 2 aromatic carbocycles. The highest BCUT2D eigenvalue weighted by atomic mass is 19.1. The molecule has 28 heavy (non-hydrogen) atoms. The highest BCUT2D eigenvalue weighted by Gasteiger charge is 2.11. The molecule has 4 aromatic rings. The van der Waals surface area contributed by atoms with Gasteiger partial charge in [-0.15, -0.1) is 0 Å². The van der Waals surface area contributed by atoms with E-state index in [9.17, 15) is 9.18 Å². The van der Waals surface area contributed by atoms with E-state index in [2.05, 4.69) is 31.7 Å². The summed E-state index contributed by atoms with van der Waals surface area (Å²) in [5, 5.41) is 6.91. The molecule has 6 nitrogen and oxygen atoms in total. The largest absolute Gasteiger partial charge is 0.370 e. The fourth-order valence-electron chi connectivity index (χ4n) is 2.99. The minimum Gasteiger partial charge on any atom is -0.370 e. The van der Waals surface area contributed by atoms with Crippen LogP contribution in [-0.4, -0.2) is 27.4 Å². The van der Waals surface area contributed by atoms with E-state index in [1.165, 1.54) is 29.4 Å². The van der Waals surface area contributed by atoms with E-state index in [1.807, 2.05) is 24.4 Å². The zero-order chi connectivity index (χ0) is 19.3. The van der Waals surface area contributed by atoms with Gasteiger partial charge in [0, 0.05) is 29.7 Å².